The highest BCUT2D eigenvalue weighted by atomic mass is 19.1. The van der Waals surface area contributed by atoms with Gasteiger partial charge < -0.3 is 5.73 Å². The van der Waals surface area contributed by atoms with Gasteiger partial charge in [-0.25, -0.2) is 13.9 Å². The van der Waals surface area contributed by atoms with E-state index in [1.54, 1.807) is 0 Å². The van der Waals surface area contributed by atoms with E-state index in [2.05, 4.69) is 23.9 Å². The lowest BCUT2D eigenvalue weighted by Gasteiger charge is -2.04. The summed E-state index contributed by atoms with van der Waals surface area (Å²) in [7, 11) is 0. The molecule has 2 heterocycles. The topological polar surface area (TPSA) is 56.2 Å². The van der Waals surface area contributed by atoms with Gasteiger partial charge in [-0.2, -0.15) is 0 Å². The second kappa shape index (κ2) is 3.49. The normalized spacial score (nSPS) is 11.5. The second-order valence-electron chi connectivity index (χ2n) is 4.00. The monoisotopic (exact) mass is 208 g/mol. The first kappa shape index (κ1) is 9.89. The Morgan fingerprint density at radius 3 is 2.93 bits per heavy atom. The van der Waals surface area contributed by atoms with Gasteiger partial charge in [-0.1, -0.05) is 13.8 Å². The van der Waals surface area contributed by atoms with Crippen LogP contribution in [0.1, 0.15) is 19.5 Å². The summed E-state index contributed by atoms with van der Waals surface area (Å²) in [5, 5.41) is 3.99. The Morgan fingerprint density at radius 1 is 1.53 bits per heavy atom. The number of nitrogens with zero attached hydrogens (tertiary/aromatic N) is 3. The van der Waals surface area contributed by atoms with Crippen molar-refractivity contribution < 1.29 is 4.39 Å². The van der Waals surface area contributed by atoms with Gasteiger partial charge in [0, 0.05) is 5.69 Å². The number of rotatable bonds is 2. The summed E-state index contributed by atoms with van der Waals surface area (Å²) >= 11 is 0. The van der Waals surface area contributed by atoms with Crippen LogP contribution in [0.4, 0.5) is 10.3 Å². The molecule has 0 aliphatic heterocycles. The molecule has 15 heavy (non-hydrogen) atoms. The maximum atomic E-state index is 13.4. The fourth-order valence-corrected chi connectivity index (χ4v) is 1.59. The van der Waals surface area contributed by atoms with Crippen LogP contribution in [0.3, 0.4) is 0 Å². The molecule has 0 radical (unpaired) electrons. The van der Waals surface area contributed by atoms with Crippen molar-refractivity contribution in [2.24, 2.45) is 5.92 Å². The van der Waals surface area contributed by atoms with E-state index < -0.39 is 0 Å². The van der Waals surface area contributed by atoms with Crippen molar-refractivity contribution in [1.82, 2.24) is 14.6 Å². The second-order valence-corrected chi connectivity index (χ2v) is 4.00. The highest BCUT2D eigenvalue weighted by molar-refractivity contribution is 5.49. The molecule has 0 spiro atoms. The standard InChI is InChI=1S/C10H13FN4/c1-6(2)3-7-4-8(11)9-5-13-10(12)14-15(7)9/h4-6H,3H2,1-2H3,(H2,12,14). The van der Waals surface area contributed by atoms with Crippen molar-refractivity contribution in [3.05, 3.63) is 23.8 Å². The van der Waals surface area contributed by atoms with Gasteiger partial charge in [0.25, 0.3) is 0 Å². The van der Waals surface area contributed by atoms with Gasteiger partial charge in [0.15, 0.2) is 5.82 Å². The van der Waals surface area contributed by atoms with Crippen LogP contribution in [-0.4, -0.2) is 14.6 Å². The quantitative estimate of drug-likeness (QED) is 0.816. The van der Waals surface area contributed by atoms with Crippen molar-refractivity contribution in [3.8, 4) is 0 Å². The van der Waals surface area contributed by atoms with Gasteiger partial charge in [0.2, 0.25) is 5.95 Å². The molecule has 2 rings (SSSR count). The minimum Gasteiger partial charge on any atom is -0.367 e. The van der Waals surface area contributed by atoms with Gasteiger partial charge in [0.1, 0.15) is 5.52 Å². The number of hydrogen-bond donors (Lipinski definition) is 1. The van der Waals surface area contributed by atoms with Crippen LogP contribution in [0.25, 0.3) is 5.52 Å². The molecule has 2 aromatic rings. The molecule has 0 unspecified atom stereocenters. The summed E-state index contributed by atoms with van der Waals surface area (Å²) in [6.45, 7) is 4.14. The Hall–Kier alpha value is -1.65. The summed E-state index contributed by atoms with van der Waals surface area (Å²) in [5.41, 5.74) is 6.67. The largest absolute Gasteiger partial charge is 0.367 e. The van der Waals surface area contributed by atoms with Crippen LogP contribution < -0.4 is 5.73 Å². The number of fused-ring (bicyclic) bond motifs is 1. The molecule has 0 bridgehead atoms. The van der Waals surface area contributed by atoms with Crippen molar-refractivity contribution in [1.29, 1.82) is 0 Å². The molecule has 2 aromatic heterocycles. The molecule has 0 saturated heterocycles. The maximum absolute atomic E-state index is 13.4. The zero-order valence-electron chi connectivity index (χ0n) is 8.74. The smallest absolute Gasteiger partial charge is 0.238 e. The fraction of sp³-hybridized carbons (Fsp3) is 0.400. The van der Waals surface area contributed by atoms with Crippen molar-refractivity contribution >= 4 is 11.5 Å². The van der Waals surface area contributed by atoms with Gasteiger partial charge in [0.05, 0.1) is 6.20 Å². The van der Waals surface area contributed by atoms with Gasteiger partial charge >= 0.3 is 0 Å². The predicted molar refractivity (Wildman–Crippen MR) is 55.9 cm³/mol. The van der Waals surface area contributed by atoms with Crippen molar-refractivity contribution in [3.63, 3.8) is 0 Å². The summed E-state index contributed by atoms with van der Waals surface area (Å²) in [4.78, 5) is 3.77. The lowest BCUT2D eigenvalue weighted by Crippen LogP contribution is -2.05. The van der Waals surface area contributed by atoms with E-state index in [1.165, 1.54) is 16.8 Å². The van der Waals surface area contributed by atoms with E-state index in [-0.39, 0.29) is 11.8 Å². The highest BCUT2D eigenvalue weighted by Crippen LogP contribution is 2.16. The number of aromatic nitrogens is 3. The van der Waals surface area contributed by atoms with Crippen molar-refractivity contribution in [2.75, 3.05) is 5.73 Å². The van der Waals surface area contributed by atoms with Gasteiger partial charge in [-0.05, 0) is 18.4 Å². The molecular weight excluding hydrogens is 195 g/mol. The lowest BCUT2D eigenvalue weighted by molar-refractivity contribution is 0.620. The van der Waals surface area contributed by atoms with Gasteiger partial charge in [-0.15, -0.1) is 5.10 Å². The molecule has 0 fully saturated rings. The minimum atomic E-state index is -0.300. The zero-order chi connectivity index (χ0) is 11.0. The SMILES string of the molecule is CC(C)Cc1cc(F)c2cnc(N)nn12. The van der Waals surface area contributed by atoms with E-state index in [0.717, 1.165) is 12.1 Å². The molecule has 0 amide bonds. The average Bonchev–Trinajstić information content (AvgIpc) is 2.42. The zero-order valence-corrected chi connectivity index (χ0v) is 8.74. The average molecular weight is 208 g/mol. The number of nitrogens with two attached hydrogens (primary N) is 1. The Kier molecular flexibility index (Phi) is 2.30. The van der Waals surface area contributed by atoms with Gasteiger partial charge in [-0.3, -0.25) is 0 Å². The molecule has 5 heteroatoms. The maximum Gasteiger partial charge on any atom is 0.238 e. The summed E-state index contributed by atoms with van der Waals surface area (Å²) in [6.07, 6.45) is 2.17. The molecule has 0 aliphatic rings. The van der Waals surface area contributed by atoms with Crippen LogP contribution in [0.5, 0.6) is 0 Å². The molecule has 0 aliphatic carbocycles. The molecule has 0 saturated carbocycles. The molecular formula is C10H13FN4. The fourth-order valence-electron chi connectivity index (χ4n) is 1.59. The molecule has 0 atom stereocenters. The third-order valence-electron chi connectivity index (χ3n) is 2.18. The highest BCUT2D eigenvalue weighted by Gasteiger charge is 2.11. The number of anilines is 1. The molecule has 80 valence electrons. The molecule has 4 nitrogen and oxygen atoms in total. The lowest BCUT2D eigenvalue weighted by atomic mass is 10.1. The number of hydrogen-bond acceptors (Lipinski definition) is 3. The molecule has 0 aromatic carbocycles. The van der Waals surface area contributed by atoms with Crippen LogP contribution in [0.2, 0.25) is 0 Å². The Labute approximate surface area is 86.9 Å². The number of halogens is 1. The first-order valence-corrected chi connectivity index (χ1v) is 4.86. The minimum absolute atomic E-state index is 0.156. The van der Waals surface area contributed by atoms with Crippen LogP contribution in [0.15, 0.2) is 12.3 Å². The van der Waals surface area contributed by atoms with Crippen LogP contribution in [-0.2, 0) is 6.42 Å². The number of nitrogen functional groups attached to an aromatic ring is 1. The predicted octanol–water partition coefficient (Wildman–Crippen LogP) is 1.65. The van der Waals surface area contributed by atoms with E-state index >= 15 is 0 Å². The first-order chi connectivity index (χ1) is 7.08. The third-order valence-corrected chi connectivity index (χ3v) is 2.18. The van der Waals surface area contributed by atoms with E-state index in [1.807, 2.05) is 0 Å². The summed E-state index contributed by atoms with van der Waals surface area (Å²) in [5.74, 6) is 0.299. The summed E-state index contributed by atoms with van der Waals surface area (Å²) in [6, 6.07) is 1.49. The van der Waals surface area contributed by atoms with Crippen LogP contribution >= 0.6 is 0 Å². The first-order valence-electron chi connectivity index (χ1n) is 4.86. The molecule has 2 N–H and O–H groups in total. The summed E-state index contributed by atoms with van der Waals surface area (Å²) < 4.78 is 15.0. The van der Waals surface area contributed by atoms with E-state index in [4.69, 9.17) is 5.73 Å². The van der Waals surface area contributed by atoms with E-state index in [9.17, 15) is 4.39 Å². The van der Waals surface area contributed by atoms with Crippen molar-refractivity contribution in [2.45, 2.75) is 20.3 Å². The Bertz CT molecular complexity index is 489. The Morgan fingerprint density at radius 2 is 2.27 bits per heavy atom. The van der Waals surface area contributed by atoms with E-state index in [0.29, 0.717) is 11.4 Å². The third kappa shape index (κ3) is 1.77. The Balaban J connectivity index is 2.59. The van der Waals surface area contributed by atoms with Crippen LogP contribution in [0, 0.1) is 11.7 Å².